The van der Waals surface area contributed by atoms with Crippen molar-refractivity contribution < 1.29 is 0 Å². The zero-order valence-electron chi connectivity index (χ0n) is 9.11. The molecule has 0 saturated heterocycles. The van der Waals surface area contributed by atoms with Crippen LogP contribution in [-0.4, -0.2) is 26.6 Å². The Morgan fingerprint density at radius 3 is 2.94 bits per heavy atom. The van der Waals surface area contributed by atoms with Gasteiger partial charge in [-0.05, 0) is 29.5 Å². The average Bonchev–Trinajstić information content (AvgIpc) is 2.78. The molecule has 0 aromatic carbocycles. The van der Waals surface area contributed by atoms with Gasteiger partial charge in [0.2, 0.25) is 0 Å². The molecule has 5 nitrogen and oxygen atoms in total. The molecule has 0 bridgehead atoms. The molecule has 0 fully saturated rings. The van der Waals surface area contributed by atoms with Crippen molar-refractivity contribution in [3.05, 3.63) is 22.3 Å². The maximum absolute atomic E-state index is 4.45. The van der Waals surface area contributed by atoms with Gasteiger partial charge in [0.1, 0.15) is 11.5 Å². The summed E-state index contributed by atoms with van der Waals surface area (Å²) in [6.45, 7) is 2.93. The van der Waals surface area contributed by atoms with Crippen LogP contribution in [0.25, 0.3) is 11.5 Å². The molecule has 0 unspecified atom stereocenters. The molecule has 2 aromatic heterocycles. The van der Waals surface area contributed by atoms with Crippen LogP contribution in [0, 0.1) is 3.57 Å². The van der Waals surface area contributed by atoms with Gasteiger partial charge in [-0.3, -0.25) is 0 Å². The molecule has 6 heteroatoms. The number of anilines is 1. The zero-order chi connectivity index (χ0) is 11.5. The van der Waals surface area contributed by atoms with Crippen LogP contribution in [0.1, 0.15) is 6.92 Å². The maximum atomic E-state index is 4.45. The number of nitrogens with one attached hydrogen (secondary N) is 1. The predicted molar refractivity (Wildman–Crippen MR) is 71.2 cm³/mol. The van der Waals surface area contributed by atoms with Gasteiger partial charge in [-0.2, -0.15) is 0 Å². The highest BCUT2D eigenvalue weighted by atomic mass is 127. The number of imidazole rings is 1. The minimum Gasteiger partial charge on any atom is -0.372 e. The minimum atomic E-state index is 0.698. The number of aryl methyl sites for hydroxylation is 1. The van der Waals surface area contributed by atoms with E-state index in [4.69, 9.17) is 0 Å². The smallest absolute Gasteiger partial charge is 0.179 e. The molecule has 0 aliphatic heterocycles. The van der Waals surface area contributed by atoms with Crippen molar-refractivity contribution in [3.63, 3.8) is 0 Å². The fourth-order valence-electron chi connectivity index (χ4n) is 1.42. The SMILES string of the molecule is CCn1cncc1-c1ncc(I)c(NC)n1. The first-order chi connectivity index (χ1) is 7.76. The summed E-state index contributed by atoms with van der Waals surface area (Å²) >= 11 is 2.20. The lowest BCUT2D eigenvalue weighted by molar-refractivity contribution is 0.763. The Labute approximate surface area is 107 Å². The van der Waals surface area contributed by atoms with Crippen molar-refractivity contribution in [2.45, 2.75) is 13.5 Å². The number of nitrogens with zero attached hydrogens (tertiary/aromatic N) is 4. The topological polar surface area (TPSA) is 55.6 Å². The second-order valence-corrected chi connectivity index (χ2v) is 4.37. The lowest BCUT2D eigenvalue weighted by Gasteiger charge is -2.06. The van der Waals surface area contributed by atoms with Gasteiger partial charge >= 0.3 is 0 Å². The standard InChI is InChI=1S/C10H12IN5/c1-3-16-6-13-5-8(16)10-14-4-7(11)9(12-2)15-10/h4-6H,3H2,1-2H3,(H,12,14,15). The third-order valence-corrected chi connectivity index (χ3v) is 3.05. The molecular weight excluding hydrogens is 317 g/mol. The molecule has 0 atom stereocenters. The Hall–Kier alpha value is -1.18. The molecule has 0 aliphatic rings. The van der Waals surface area contributed by atoms with Crippen molar-refractivity contribution in [2.75, 3.05) is 12.4 Å². The second kappa shape index (κ2) is 4.77. The van der Waals surface area contributed by atoms with E-state index in [0.29, 0.717) is 5.82 Å². The second-order valence-electron chi connectivity index (χ2n) is 3.21. The number of aromatic nitrogens is 4. The Bertz CT molecular complexity index is 494. The molecule has 84 valence electrons. The first-order valence-electron chi connectivity index (χ1n) is 4.97. The molecule has 0 spiro atoms. The summed E-state index contributed by atoms with van der Waals surface area (Å²) < 4.78 is 3.02. The van der Waals surface area contributed by atoms with E-state index in [1.54, 1.807) is 12.5 Å². The number of halogens is 1. The molecule has 2 heterocycles. The maximum Gasteiger partial charge on any atom is 0.179 e. The van der Waals surface area contributed by atoms with Crippen molar-refractivity contribution in [3.8, 4) is 11.5 Å². The quantitative estimate of drug-likeness (QED) is 0.876. The van der Waals surface area contributed by atoms with Crippen molar-refractivity contribution in [1.82, 2.24) is 19.5 Å². The molecule has 0 radical (unpaired) electrons. The van der Waals surface area contributed by atoms with Crippen LogP contribution in [0.4, 0.5) is 5.82 Å². The average molecular weight is 329 g/mol. The van der Waals surface area contributed by atoms with Gasteiger partial charge < -0.3 is 9.88 Å². The van der Waals surface area contributed by atoms with Crippen LogP contribution in [0.3, 0.4) is 0 Å². The van der Waals surface area contributed by atoms with E-state index in [9.17, 15) is 0 Å². The molecule has 0 amide bonds. The molecule has 0 saturated carbocycles. The van der Waals surface area contributed by atoms with Crippen LogP contribution in [0.15, 0.2) is 18.7 Å². The summed E-state index contributed by atoms with van der Waals surface area (Å²) in [6.07, 6.45) is 5.38. The molecule has 0 aliphatic carbocycles. The summed E-state index contributed by atoms with van der Waals surface area (Å²) in [5.74, 6) is 1.54. The summed E-state index contributed by atoms with van der Waals surface area (Å²) in [4.78, 5) is 12.9. The highest BCUT2D eigenvalue weighted by molar-refractivity contribution is 14.1. The lowest BCUT2D eigenvalue weighted by Crippen LogP contribution is -2.02. The van der Waals surface area contributed by atoms with Gasteiger partial charge in [-0.25, -0.2) is 15.0 Å². The van der Waals surface area contributed by atoms with Crippen LogP contribution >= 0.6 is 22.6 Å². The fraction of sp³-hybridized carbons (Fsp3) is 0.300. The van der Waals surface area contributed by atoms with Crippen LogP contribution < -0.4 is 5.32 Å². The van der Waals surface area contributed by atoms with Crippen molar-refractivity contribution in [2.24, 2.45) is 0 Å². The Balaban J connectivity index is 2.48. The summed E-state index contributed by atoms with van der Waals surface area (Å²) in [5.41, 5.74) is 0.940. The summed E-state index contributed by atoms with van der Waals surface area (Å²) in [7, 11) is 1.85. The number of hydrogen-bond donors (Lipinski definition) is 1. The molecule has 2 rings (SSSR count). The Morgan fingerprint density at radius 2 is 2.25 bits per heavy atom. The molecular formula is C10H12IN5. The van der Waals surface area contributed by atoms with Gasteiger partial charge in [0, 0.05) is 19.8 Å². The van der Waals surface area contributed by atoms with E-state index >= 15 is 0 Å². The van der Waals surface area contributed by atoms with E-state index in [1.807, 2.05) is 17.8 Å². The van der Waals surface area contributed by atoms with Gasteiger partial charge in [-0.15, -0.1) is 0 Å². The van der Waals surface area contributed by atoms with Gasteiger partial charge in [0.15, 0.2) is 5.82 Å². The third kappa shape index (κ3) is 2.01. The first kappa shape index (κ1) is 11.3. The number of hydrogen-bond acceptors (Lipinski definition) is 4. The molecule has 2 aromatic rings. The van der Waals surface area contributed by atoms with Gasteiger partial charge in [-0.1, -0.05) is 0 Å². The minimum absolute atomic E-state index is 0.698. The van der Waals surface area contributed by atoms with E-state index in [0.717, 1.165) is 21.6 Å². The predicted octanol–water partition coefficient (Wildman–Crippen LogP) is 2.01. The van der Waals surface area contributed by atoms with Gasteiger partial charge in [0.05, 0.1) is 16.1 Å². The lowest BCUT2D eigenvalue weighted by atomic mass is 10.4. The van der Waals surface area contributed by atoms with E-state index in [2.05, 4.69) is 49.8 Å². The van der Waals surface area contributed by atoms with Crippen molar-refractivity contribution >= 4 is 28.4 Å². The Kier molecular flexibility index (Phi) is 3.37. The molecule has 1 N–H and O–H groups in total. The zero-order valence-corrected chi connectivity index (χ0v) is 11.3. The van der Waals surface area contributed by atoms with E-state index < -0.39 is 0 Å². The highest BCUT2D eigenvalue weighted by Crippen LogP contribution is 2.19. The van der Waals surface area contributed by atoms with Crippen LogP contribution in [0.5, 0.6) is 0 Å². The molecule has 16 heavy (non-hydrogen) atoms. The first-order valence-corrected chi connectivity index (χ1v) is 6.05. The normalized spacial score (nSPS) is 10.4. The number of rotatable bonds is 3. The van der Waals surface area contributed by atoms with Crippen LogP contribution in [-0.2, 0) is 6.54 Å². The van der Waals surface area contributed by atoms with Crippen LogP contribution in [0.2, 0.25) is 0 Å². The summed E-state index contributed by atoms with van der Waals surface area (Å²) in [6, 6.07) is 0. The third-order valence-electron chi connectivity index (χ3n) is 2.26. The van der Waals surface area contributed by atoms with E-state index in [1.165, 1.54) is 0 Å². The Morgan fingerprint density at radius 1 is 1.44 bits per heavy atom. The summed E-state index contributed by atoms with van der Waals surface area (Å²) in [5, 5.41) is 3.05. The van der Waals surface area contributed by atoms with E-state index in [-0.39, 0.29) is 0 Å². The fourth-order valence-corrected chi connectivity index (χ4v) is 1.95. The largest absolute Gasteiger partial charge is 0.372 e. The highest BCUT2D eigenvalue weighted by Gasteiger charge is 2.09. The monoisotopic (exact) mass is 329 g/mol. The van der Waals surface area contributed by atoms with Crippen molar-refractivity contribution in [1.29, 1.82) is 0 Å². The van der Waals surface area contributed by atoms with Gasteiger partial charge in [0.25, 0.3) is 0 Å².